The summed E-state index contributed by atoms with van der Waals surface area (Å²) in [6, 6.07) is 9.52. The van der Waals surface area contributed by atoms with Gasteiger partial charge in [0.1, 0.15) is 50.7 Å². The molecule has 218 valence electrons. The first-order chi connectivity index (χ1) is 19.9. The number of piperazine rings is 3. The first-order valence-corrected chi connectivity index (χ1v) is 14.7. The van der Waals surface area contributed by atoms with Crippen molar-refractivity contribution in [1.82, 2.24) is 9.38 Å². The van der Waals surface area contributed by atoms with Crippen LogP contribution in [0.3, 0.4) is 0 Å². The van der Waals surface area contributed by atoms with Gasteiger partial charge >= 0.3 is 5.97 Å². The fraction of sp³-hybridized carbons (Fsp3) is 0.438. The first kappa shape index (κ1) is 27.0. The highest BCUT2D eigenvalue weighted by Crippen LogP contribution is 2.52. The highest BCUT2D eigenvalue weighted by atomic mass is 16.4. The number of ketones is 1. The lowest BCUT2D eigenvalue weighted by Gasteiger charge is -2.54. The molecule has 0 radical (unpaired) electrons. The monoisotopic (exact) mass is 572 g/mol. The highest BCUT2D eigenvalue weighted by Gasteiger charge is 2.60. The molecule has 0 saturated carbocycles. The summed E-state index contributed by atoms with van der Waals surface area (Å²) in [6.45, 7) is 11.0. The van der Waals surface area contributed by atoms with E-state index in [0.717, 1.165) is 70.6 Å². The zero-order valence-electron chi connectivity index (χ0n) is 24.1. The Morgan fingerprint density at radius 1 is 1.02 bits per heavy atom. The van der Waals surface area contributed by atoms with Crippen molar-refractivity contribution >= 4 is 34.8 Å². The molecule has 8 rings (SSSR count). The van der Waals surface area contributed by atoms with Gasteiger partial charge in [0, 0.05) is 23.1 Å². The second-order valence-electron chi connectivity index (χ2n) is 13.0. The van der Waals surface area contributed by atoms with Crippen molar-refractivity contribution in [2.45, 2.75) is 32.9 Å². The molecule has 1 aliphatic carbocycles. The van der Waals surface area contributed by atoms with E-state index in [1.165, 1.54) is 4.90 Å². The maximum Gasteiger partial charge on any atom is 0.352 e. The summed E-state index contributed by atoms with van der Waals surface area (Å²) >= 11 is 0. The Bertz CT molecular complexity index is 1630. The van der Waals surface area contributed by atoms with E-state index in [1.807, 2.05) is 38.1 Å². The quantitative estimate of drug-likeness (QED) is 0.302. The van der Waals surface area contributed by atoms with Crippen molar-refractivity contribution in [3.8, 4) is 11.1 Å². The van der Waals surface area contributed by atoms with Crippen molar-refractivity contribution in [3.63, 3.8) is 0 Å². The number of amides is 2. The van der Waals surface area contributed by atoms with Crippen LogP contribution >= 0.6 is 0 Å². The number of primary amides is 1. The van der Waals surface area contributed by atoms with Gasteiger partial charge in [-0.05, 0) is 59.9 Å². The van der Waals surface area contributed by atoms with Gasteiger partial charge in [0.2, 0.25) is 5.91 Å². The van der Waals surface area contributed by atoms with Crippen LogP contribution in [0, 0.1) is 18.8 Å². The Hall–Kier alpha value is -3.86. The van der Waals surface area contributed by atoms with Gasteiger partial charge in [-0.15, -0.1) is 0 Å². The van der Waals surface area contributed by atoms with Crippen molar-refractivity contribution in [2.75, 3.05) is 45.8 Å². The second kappa shape index (κ2) is 8.82. The van der Waals surface area contributed by atoms with Crippen molar-refractivity contribution in [2.24, 2.45) is 17.6 Å². The highest BCUT2D eigenvalue weighted by molar-refractivity contribution is 6.23. The molecule has 10 heteroatoms. The molecule has 10 nitrogen and oxygen atoms in total. The number of carbonyl (C=O) groups is 4. The van der Waals surface area contributed by atoms with Gasteiger partial charge in [-0.25, -0.2) is 4.79 Å². The van der Waals surface area contributed by atoms with Crippen LogP contribution in [0.1, 0.15) is 40.9 Å². The van der Waals surface area contributed by atoms with Crippen molar-refractivity contribution in [1.29, 1.82) is 0 Å². The summed E-state index contributed by atoms with van der Waals surface area (Å²) in [4.78, 5) is 52.1. The number of carbonyl (C=O) groups excluding carboxylic acids is 3. The van der Waals surface area contributed by atoms with Crippen molar-refractivity contribution in [3.05, 3.63) is 58.3 Å². The Balaban J connectivity index is 1.27. The molecule has 2 amide bonds. The van der Waals surface area contributed by atoms with E-state index in [4.69, 9.17) is 5.73 Å². The van der Waals surface area contributed by atoms with Crippen LogP contribution in [0.5, 0.6) is 0 Å². The average molecular weight is 573 g/mol. The minimum atomic E-state index is -1.17. The molecular formula is C32H36N4O6+2. The number of nitrogens with zero attached hydrogens (tertiary/aromatic N) is 3. The summed E-state index contributed by atoms with van der Waals surface area (Å²) < 4.78 is 1.54. The van der Waals surface area contributed by atoms with E-state index < -0.39 is 24.0 Å². The van der Waals surface area contributed by atoms with Gasteiger partial charge in [0.15, 0.2) is 12.3 Å². The van der Waals surface area contributed by atoms with Crippen LogP contribution in [0.15, 0.2) is 36.0 Å². The summed E-state index contributed by atoms with van der Waals surface area (Å²) in [5.41, 5.74) is 11.5. The predicted molar refractivity (Wildman–Crippen MR) is 155 cm³/mol. The van der Waals surface area contributed by atoms with Crippen LogP contribution in [0.25, 0.3) is 16.7 Å². The molecule has 4 N–H and O–H groups in total. The smallest absolute Gasteiger partial charge is 0.352 e. The summed E-state index contributed by atoms with van der Waals surface area (Å²) in [6.07, 6.45) is -0.874. The van der Waals surface area contributed by atoms with E-state index in [-0.39, 0.29) is 29.2 Å². The number of fused-ring (bicyclic) bond motifs is 7. The summed E-state index contributed by atoms with van der Waals surface area (Å²) in [5.74, 6) is -2.76. The molecule has 4 saturated heterocycles. The molecule has 2 aromatic rings. The zero-order chi connectivity index (χ0) is 29.9. The van der Waals surface area contributed by atoms with Gasteiger partial charge in [0.05, 0.1) is 18.1 Å². The number of aliphatic hydroxyl groups excluding tert-OH is 1. The number of hydrogen-bond acceptors (Lipinski definition) is 5. The second-order valence-corrected chi connectivity index (χ2v) is 13.0. The Morgan fingerprint density at radius 2 is 1.69 bits per heavy atom. The molecule has 5 heterocycles. The first-order valence-electron chi connectivity index (χ1n) is 14.7. The minimum absolute atomic E-state index is 0.0305. The topological polar surface area (TPSA) is 138 Å². The Labute approximate surface area is 243 Å². The fourth-order valence-corrected chi connectivity index (χ4v) is 8.63. The third-order valence-electron chi connectivity index (χ3n) is 10.8. The van der Waals surface area contributed by atoms with Crippen LogP contribution in [-0.2, 0) is 14.4 Å². The largest absolute Gasteiger partial charge is 0.477 e. The van der Waals surface area contributed by atoms with E-state index in [9.17, 15) is 29.4 Å². The number of carboxylic acids is 1. The normalized spacial score (nSPS) is 31.5. The van der Waals surface area contributed by atoms with Gasteiger partial charge in [0.25, 0.3) is 5.91 Å². The number of hydrogen-bond donors (Lipinski definition) is 3. The van der Waals surface area contributed by atoms with Gasteiger partial charge < -0.3 is 25.3 Å². The third kappa shape index (κ3) is 3.49. The number of quaternary nitrogens is 2. The fourth-order valence-electron chi connectivity index (χ4n) is 8.63. The molecule has 0 spiro atoms. The van der Waals surface area contributed by atoms with E-state index in [0.29, 0.717) is 28.8 Å². The van der Waals surface area contributed by atoms with E-state index in [2.05, 4.69) is 6.07 Å². The predicted octanol–water partition coefficient (Wildman–Crippen LogP) is 1.50. The number of aliphatic carboxylic acids is 1. The number of benzene rings is 2. The Kier molecular flexibility index (Phi) is 5.67. The summed E-state index contributed by atoms with van der Waals surface area (Å²) in [5, 5.41) is 20.4. The molecule has 42 heavy (non-hydrogen) atoms. The lowest BCUT2D eigenvalue weighted by molar-refractivity contribution is -0.932. The number of β-lactam (4-membered cyclic amide) rings is 1. The number of nitrogens with two attached hydrogens (primary N) is 1. The number of carboxylic acid groups (broad SMARTS) is 1. The van der Waals surface area contributed by atoms with E-state index >= 15 is 0 Å². The third-order valence-corrected chi connectivity index (χ3v) is 10.8. The molecule has 1 unspecified atom stereocenters. The molecule has 5 aliphatic heterocycles. The number of aliphatic hydroxyl groups is 1. The molecule has 4 fully saturated rings. The Morgan fingerprint density at radius 3 is 2.29 bits per heavy atom. The standard InChI is InChI=1S/C32H34N4O6/c1-16-12-19(26-17(2)28-27(18(3)37)31(40)34(28)29(26)32(41)42)13-22-21-5-4-20(14-23(21)30(39)25(16)22)36-9-6-35(7-10-36,8-11-36)15-24(33)38/h4-5,12-14,17-18,27-28,37H,6-11,15H2,1-3H3,(H-2,33,38,41,42)/p+2/t17-,18+,27+,28?,35?,36?/m0/s1. The van der Waals surface area contributed by atoms with E-state index in [1.54, 1.807) is 6.92 Å². The maximum atomic E-state index is 13.8. The van der Waals surface area contributed by atoms with Crippen LogP contribution < -0.4 is 10.2 Å². The SMILES string of the molecule is Cc1cc(C2=C(C(=O)O)N3C(=O)[C@H]([C@@H](C)O)C3[C@H]2C)cc2c1C(=O)c1cc([N+]34CC[N+](CC(N)=O)(CC3)CC4)ccc1-2. The molecule has 2 bridgehead atoms. The van der Waals surface area contributed by atoms with Gasteiger partial charge in [-0.1, -0.05) is 13.0 Å². The molecule has 4 atom stereocenters. The number of aryl methyl sites for hydroxylation is 1. The van der Waals surface area contributed by atoms with Crippen LogP contribution in [0.4, 0.5) is 5.69 Å². The molecule has 6 aliphatic rings. The minimum Gasteiger partial charge on any atom is -0.477 e. The zero-order valence-corrected chi connectivity index (χ0v) is 24.1. The van der Waals surface area contributed by atoms with Crippen LogP contribution in [0.2, 0.25) is 0 Å². The molecular weight excluding hydrogens is 536 g/mol. The summed E-state index contributed by atoms with van der Waals surface area (Å²) in [7, 11) is 0. The maximum absolute atomic E-state index is 13.8. The number of rotatable bonds is 6. The van der Waals surface area contributed by atoms with Crippen molar-refractivity contribution < 1.29 is 33.9 Å². The average Bonchev–Trinajstić information content (AvgIpc) is 3.37. The lowest BCUT2D eigenvalue weighted by Crippen LogP contribution is -2.76. The van der Waals surface area contributed by atoms with Gasteiger partial charge in [-0.3, -0.25) is 18.9 Å². The lowest BCUT2D eigenvalue weighted by atomic mass is 9.76. The van der Waals surface area contributed by atoms with Crippen LogP contribution in [-0.4, -0.2) is 101 Å². The van der Waals surface area contributed by atoms with Gasteiger partial charge in [-0.2, -0.15) is 0 Å². The molecule has 2 aromatic carbocycles. The molecule has 0 aromatic heterocycles.